The predicted octanol–water partition coefficient (Wildman–Crippen LogP) is 1.74. The van der Waals surface area contributed by atoms with E-state index in [1.54, 1.807) is 36.6 Å². The molecule has 2 aromatic rings. The Hall–Kier alpha value is -2.08. The van der Waals surface area contributed by atoms with Gasteiger partial charge in [0.25, 0.3) is 5.91 Å². The van der Waals surface area contributed by atoms with Gasteiger partial charge in [-0.1, -0.05) is 0 Å². The monoisotopic (exact) mass is 276 g/mol. The Morgan fingerprint density at radius 3 is 3.00 bits per heavy atom. The number of nitrogens with two attached hydrogens (primary N) is 1. The van der Waals surface area contributed by atoms with Crippen LogP contribution in [0.1, 0.15) is 16.1 Å². The molecule has 1 amide bonds. The summed E-state index contributed by atoms with van der Waals surface area (Å²) in [4.78, 5) is 15.9. The van der Waals surface area contributed by atoms with Gasteiger partial charge < -0.3 is 16.4 Å². The Labute approximate surface area is 115 Å². The molecule has 0 fully saturated rings. The zero-order chi connectivity index (χ0) is 13.7. The zero-order valence-corrected chi connectivity index (χ0v) is 11.5. The normalized spacial score (nSPS) is 10.2. The predicted molar refractivity (Wildman–Crippen MR) is 78.6 cm³/mol. The molecule has 0 saturated heterocycles. The number of thiazole rings is 1. The smallest absolute Gasteiger partial charge is 0.253 e. The SMILES string of the molecule is CNC(=O)c1ccc(N)cc1NCCc1cscn1. The molecule has 0 bridgehead atoms. The summed E-state index contributed by atoms with van der Waals surface area (Å²) in [6.45, 7) is 0.706. The van der Waals surface area contributed by atoms with E-state index in [1.165, 1.54) is 0 Å². The lowest BCUT2D eigenvalue weighted by molar-refractivity contribution is 0.0964. The molecule has 1 aromatic carbocycles. The minimum Gasteiger partial charge on any atom is -0.399 e. The minimum atomic E-state index is -0.129. The van der Waals surface area contributed by atoms with Gasteiger partial charge in [0.05, 0.1) is 16.8 Å². The van der Waals surface area contributed by atoms with Crippen molar-refractivity contribution in [3.8, 4) is 0 Å². The van der Waals surface area contributed by atoms with Crippen molar-refractivity contribution in [1.82, 2.24) is 10.3 Å². The van der Waals surface area contributed by atoms with Crippen LogP contribution in [0, 0.1) is 0 Å². The summed E-state index contributed by atoms with van der Waals surface area (Å²) in [5, 5.41) is 7.86. The van der Waals surface area contributed by atoms with Gasteiger partial charge in [0.15, 0.2) is 0 Å². The Morgan fingerprint density at radius 2 is 2.32 bits per heavy atom. The van der Waals surface area contributed by atoms with Crippen LogP contribution in [0.25, 0.3) is 0 Å². The molecule has 0 radical (unpaired) electrons. The number of nitrogen functional groups attached to an aromatic ring is 1. The van der Waals surface area contributed by atoms with Crippen molar-refractivity contribution in [1.29, 1.82) is 0 Å². The molecule has 100 valence electrons. The number of anilines is 2. The number of aromatic nitrogens is 1. The van der Waals surface area contributed by atoms with Crippen molar-refractivity contribution in [3.63, 3.8) is 0 Å². The third-order valence-electron chi connectivity index (χ3n) is 2.70. The lowest BCUT2D eigenvalue weighted by atomic mass is 10.1. The summed E-state index contributed by atoms with van der Waals surface area (Å²) in [7, 11) is 1.61. The molecule has 0 aliphatic carbocycles. The third-order valence-corrected chi connectivity index (χ3v) is 3.33. The van der Waals surface area contributed by atoms with Gasteiger partial charge >= 0.3 is 0 Å². The van der Waals surface area contributed by atoms with Crippen molar-refractivity contribution in [2.75, 3.05) is 24.6 Å². The fourth-order valence-electron chi connectivity index (χ4n) is 1.73. The van der Waals surface area contributed by atoms with Crippen molar-refractivity contribution >= 4 is 28.6 Å². The Balaban J connectivity index is 2.05. The van der Waals surface area contributed by atoms with Crippen LogP contribution in [0.15, 0.2) is 29.1 Å². The molecule has 5 nitrogen and oxygen atoms in total. The van der Waals surface area contributed by atoms with E-state index in [0.717, 1.165) is 17.8 Å². The molecule has 19 heavy (non-hydrogen) atoms. The van der Waals surface area contributed by atoms with Gasteiger partial charge in [-0.05, 0) is 18.2 Å². The fourth-order valence-corrected chi connectivity index (χ4v) is 2.32. The number of hydrogen-bond donors (Lipinski definition) is 3. The van der Waals surface area contributed by atoms with Crippen LogP contribution in [0.3, 0.4) is 0 Å². The van der Waals surface area contributed by atoms with Gasteiger partial charge in [-0.3, -0.25) is 4.79 Å². The van der Waals surface area contributed by atoms with Crippen molar-refractivity contribution in [3.05, 3.63) is 40.3 Å². The molecule has 2 rings (SSSR count). The number of benzene rings is 1. The highest BCUT2D eigenvalue weighted by atomic mass is 32.1. The van der Waals surface area contributed by atoms with Crippen LogP contribution in [-0.4, -0.2) is 24.5 Å². The maximum Gasteiger partial charge on any atom is 0.253 e. The van der Waals surface area contributed by atoms with E-state index in [9.17, 15) is 4.79 Å². The molecular weight excluding hydrogens is 260 g/mol. The maximum atomic E-state index is 11.7. The maximum absolute atomic E-state index is 11.7. The Bertz CT molecular complexity index is 554. The number of rotatable bonds is 5. The van der Waals surface area contributed by atoms with Crippen LogP contribution in [-0.2, 0) is 6.42 Å². The molecule has 1 aromatic heterocycles. The largest absolute Gasteiger partial charge is 0.399 e. The molecule has 0 unspecified atom stereocenters. The highest BCUT2D eigenvalue weighted by Crippen LogP contribution is 2.19. The first-order valence-corrected chi connectivity index (χ1v) is 6.87. The van der Waals surface area contributed by atoms with Gasteiger partial charge in [0.2, 0.25) is 0 Å². The first-order chi connectivity index (χ1) is 9.20. The molecule has 0 aliphatic rings. The number of hydrogen-bond acceptors (Lipinski definition) is 5. The van der Waals surface area contributed by atoms with E-state index in [2.05, 4.69) is 15.6 Å². The zero-order valence-electron chi connectivity index (χ0n) is 10.6. The van der Waals surface area contributed by atoms with E-state index in [0.29, 0.717) is 17.8 Å². The van der Waals surface area contributed by atoms with E-state index in [4.69, 9.17) is 5.73 Å². The molecule has 0 spiro atoms. The van der Waals surface area contributed by atoms with Crippen molar-refractivity contribution in [2.45, 2.75) is 6.42 Å². The summed E-state index contributed by atoms with van der Waals surface area (Å²) in [6, 6.07) is 5.21. The van der Waals surface area contributed by atoms with E-state index < -0.39 is 0 Å². The van der Waals surface area contributed by atoms with Gasteiger partial charge in [-0.2, -0.15) is 0 Å². The number of nitrogens with one attached hydrogen (secondary N) is 2. The van der Waals surface area contributed by atoms with Crippen LogP contribution in [0.2, 0.25) is 0 Å². The summed E-state index contributed by atoms with van der Waals surface area (Å²) in [5.41, 5.74) is 10.6. The second-order valence-electron chi connectivity index (χ2n) is 4.04. The topological polar surface area (TPSA) is 80.0 Å². The second-order valence-corrected chi connectivity index (χ2v) is 4.76. The Morgan fingerprint density at radius 1 is 1.47 bits per heavy atom. The highest BCUT2D eigenvalue weighted by molar-refractivity contribution is 7.07. The Kier molecular flexibility index (Phi) is 4.35. The van der Waals surface area contributed by atoms with Crippen molar-refractivity contribution in [2.24, 2.45) is 0 Å². The van der Waals surface area contributed by atoms with E-state index in [-0.39, 0.29) is 5.91 Å². The lowest BCUT2D eigenvalue weighted by Gasteiger charge is -2.11. The highest BCUT2D eigenvalue weighted by Gasteiger charge is 2.09. The molecule has 1 heterocycles. The number of carbonyl (C=O) groups excluding carboxylic acids is 1. The van der Waals surface area contributed by atoms with E-state index >= 15 is 0 Å². The van der Waals surface area contributed by atoms with Gasteiger partial charge in [0, 0.05) is 36.8 Å². The number of carbonyl (C=O) groups is 1. The summed E-state index contributed by atoms with van der Waals surface area (Å²) in [5.74, 6) is -0.129. The van der Waals surface area contributed by atoms with E-state index in [1.807, 2.05) is 10.9 Å². The van der Waals surface area contributed by atoms with Crippen LogP contribution < -0.4 is 16.4 Å². The molecule has 6 heteroatoms. The summed E-state index contributed by atoms with van der Waals surface area (Å²) >= 11 is 1.58. The van der Waals surface area contributed by atoms with Gasteiger partial charge in [-0.25, -0.2) is 4.98 Å². The molecular formula is C13H16N4OS. The van der Waals surface area contributed by atoms with Crippen LogP contribution in [0.5, 0.6) is 0 Å². The summed E-state index contributed by atoms with van der Waals surface area (Å²) < 4.78 is 0. The van der Waals surface area contributed by atoms with Crippen LogP contribution in [0.4, 0.5) is 11.4 Å². The third kappa shape index (κ3) is 3.45. The lowest BCUT2D eigenvalue weighted by Crippen LogP contribution is -2.20. The second kappa shape index (κ2) is 6.19. The molecule has 0 aliphatic heterocycles. The average Bonchev–Trinajstić information content (AvgIpc) is 2.91. The molecule has 0 atom stereocenters. The quantitative estimate of drug-likeness (QED) is 0.727. The fraction of sp³-hybridized carbons (Fsp3) is 0.231. The first-order valence-electron chi connectivity index (χ1n) is 5.93. The molecule has 4 N–H and O–H groups in total. The van der Waals surface area contributed by atoms with Gasteiger partial charge in [-0.15, -0.1) is 11.3 Å². The number of amides is 1. The number of nitrogens with zero attached hydrogens (tertiary/aromatic N) is 1. The van der Waals surface area contributed by atoms with Gasteiger partial charge in [0.1, 0.15) is 0 Å². The average molecular weight is 276 g/mol. The first kappa shape index (κ1) is 13.4. The van der Waals surface area contributed by atoms with Crippen LogP contribution >= 0.6 is 11.3 Å². The minimum absolute atomic E-state index is 0.129. The summed E-state index contributed by atoms with van der Waals surface area (Å²) in [6.07, 6.45) is 0.811. The standard InChI is InChI=1S/C13H16N4OS/c1-15-13(18)11-3-2-9(14)6-12(11)16-5-4-10-7-19-8-17-10/h2-3,6-8,16H,4-5,14H2,1H3,(H,15,18). The van der Waals surface area contributed by atoms with Crippen molar-refractivity contribution < 1.29 is 4.79 Å². The molecule has 0 saturated carbocycles.